The van der Waals surface area contributed by atoms with Crippen molar-refractivity contribution in [2.24, 2.45) is 0 Å². The lowest BCUT2D eigenvalue weighted by Gasteiger charge is -2.03. The van der Waals surface area contributed by atoms with E-state index in [1.54, 1.807) is 11.3 Å². The molecule has 0 aliphatic carbocycles. The van der Waals surface area contributed by atoms with E-state index in [0.717, 1.165) is 25.2 Å². The molecular weight excluding hydrogens is 268 g/mol. The van der Waals surface area contributed by atoms with Gasteiger partial charge < -0.3 is 9.88 Å². The van der Waals surface area contributed by atoms with Crippen molar-refractivity contribution >= 4 is 21.6 Å². The van der Waals surface area contributed by atoms with Gasteiger partial charge >= 0.3 is 0 Å². The van der Waals surface area contributed by atoms with Crippen molar-refractivity contribution in [3.8, 4) is 0 Å². The van der Waals surface area contributed by atoms with Crippen molar-refractivity contribution in [3.05, 3.63) is 48.0 Å². The fraction of sp³-hybridized carbons (Fsp3) is 0.333. The van der Waals surface area contributed by atoms with Gasteiger partial charge in [0.15, 0.2) is 0 Å². The molecule has 1 N–H and O–H groups in total. The van der Waals surface area contributed by atoms with Gasteiger partial charge in [0, 0.05) is 25.5 Å². The first-order valence-electron chi connectivity index (χ1n) is 6.93. The van der Waals surface area contributed by atoms with Gasteiger partial charge in [0.2, 0.25) is 0 Å². The van der Waals surface area contributed by atoms with Crippen LogP contribution < -0.4 is 5.32 Å². The Morgan fingerprint density at radius 2 is 2.15 bits per heavy atom. The first-order valence-corrected chi connectivity index (χ1v) is 7.74. The normalized spacial score (nSPS) is 11.2. The fourth-order valence-electron chi connectivity index (χ4n) is 2.15. The minimum Gasteiger partial charge on any atom is -0.337 e. The summed E-state index contributed by atoms with van der Waals surface area (Å²) in [4.78, 5) is 8.65. The van der Waals surface area contributed by atoms with Crippen molar-refractivity contribution in [1.29, 1.82) is 0 Å². The topological polar surface area (TPSA) is 42.7 Å². The Kier molecular flexibility index (Phi) is 4.40. The number of aromatic nitrogens is 3. The number of nitrogens with one attached hydrogen (secondary N) is 1. The average molecular weight is 286 g/mol. The zero-order chi connectivity index (χ0) is 13.6. The standard InChI is InChI=1S/C15H18N4S/c1-2-6-14-13(5-1)18-15(20-14)11-16-7-3-4-9-19-10-8-17-12-19/h1-2,5-6,8,10,12,16H,3-4,7,9,11H2. The second kappa shape index (κ2) is 6.63. The maximum absolute atomic E-state index is 4.61. The lowest BCUT2D eigenvalue weighted by atomic mass is 10.3. The Bertz CT molecular complexity index is 612. The lowest BCUT2D eigenvalue weighted by molar-refractivity contribution is 0.568. The van der Waals surface area contributed by atoms with Gasteiger partial charge in [0.1, 0.15) is 5.01 Å². The van der Waals surface area contributed by atoms with Crippen molar-refractivity contribution in [3.63, 3.8) is 0 Å². The van der Waals surface area contributed by atoms with Crippen molar-refractivity contribution < 1.29 is 0 Å². The number of para-hydroxylation sites is 1. The van der Waals surface area contributed by atoms with E-state index in [-0.39, 0.29) is 0 Å². The van der Waals surface area contributed by atoms with Gasteiger partial charge in [-0.05, 0) is 31.5 Å². The highest BCUT2D eigenvalue weighted by atomic mass is 32.1. The first-order chi connectivity index (χ1) is 9.92. The van der Waals surface area contributed by atoms with E-state index in [9.17, 15) is 0 Å². The molecule has 20 heavy (non-hydrogen) atoms. The zero-order valence-electron chi connectivity index (χ0n) is 11.3. The molecule has 0 aliphatic heterocycles. The molecule has 0 amide bonds. The average Bonchev–Trinajstić information content (AvgIpc) is 3.11. The Labute approximate surface area is 122 Å². The second-order valence-electron chi connectivity index (χ2n) is 4.76. The van der Waals surface area contributed by atoms with Crippen LogP contribution in [0.2, 0.25) is 0 Å². The highest BCUT2D eigenvalue weighted by Gasteiger charge is 2.01. The van der Waals surface area contributed by atoms with Gasteiger partial charge in [-0.1, -0.05) is 12.1 Å². The summed E-state index contributed by atoms with van der Waals surface area (Å²) in [5.74, 6) is 0. The summed E-state index contributed by atoms with van der Waals surface area (Å²) in [5.41, 5.74) is 1.11. The summed E-state index contributed by atoms with van der Waals surface area (Å²) in [6.45, 7) is 2.94. The van der Waals surface area contributed by atoms with Crippen LogP contribution in [0.25, 0.3) is 10.2 Å². The van der Waals surface area contributed by atoms with Crippen LogP contribution >= 0.6 is 11.3 Å². The molecule has 0 radical (unpaired) electrons. The molecule has 0 saturated carbocycles. The van der Waals surface area contributed by atoms with Crippen molar-refractivity contribution in [2.75, 3.05) is 6.54 Å². The first kappa shape index (κ1) is 13.3. The van der Waals surface area contributed by atoms with E-state index in [1.165, 1.54) is 22.5 Å². The number of unbranched alkanes of at least 4 members (excludes halogenated alkanes) is 1. The Morgan fingerprint density at radius 1 is 1.20 bits per heavy atom. The molecule has 0 atom stereocenters. The number of nitrogens with zero attached hydrogens (tertiary/aromatic N) is 3. The maximum atomic E-state index is 4.61. The molecule has 104 valence electrons. The van der Waals surface area contributed by atoms with E-state index in [1.807, 2.05) is 24.8 Å². The number of rotatable bonds is 7. The predicted molar refractivity (Wildman–Crippen MR) is 82.8 cm³/mol. The highest BCUT2D eigenvalue weighted by molar-refractivity contribution is 7.18. The fourth-order valence-corrected chi connectivity index (χ4v) is 3.09. The minimum atomic E-state index is 0.865. The third kappa shape index (κ3) is 3.43. The molecule has 1 aromatic carbocycles. The number of aryl methyl sites for hydroxylation is 1. The Morgan fingerprint density at radius 3 is 3.00 bits per heavy atom. The van der Waals surface area contributed by atoms with Crippen LogP contribution in [0.4, 0.5) is 0 Å². The van der Waals surface area contributed by atoms with Gasteiger partial charge in [0.05, 0.1) is 16.5 Å². The lowest BCUT2D eigenvalue weighted by Crippen LogP contribution is -2.15. The summed E-state index contributed by atoms with van der Waals surface area (Å²) in [7, 11) is 0. The van der Waals surface area contributed by atoms with Crippen LogP contribution in [0.3, 0.4) is 0 Å². The highest BCUT2D eigenvalue weighted by Crippen LogP contribution is 2.21. The van der Waals surface area contributed by atoms with Gasteiger partial charge in [-0.25, -0.2) is 9.97 Å². The molecule has 2 aromatic heterocycles. The molecule has 0 saturated heterocycles. The number of hydrogen-bond donors (Lipinski definition) is 1. The predicted octanol–water partition coefficient (Wildman–Crippen LogP) is 3.06. The number of imidazole rings is 1. The van der Waals surface area contributed by atoms with Crippen molar-refractivity contribution in [2.45, 2.75) is 25.9 Å². The van der Waals surface area contributed by atoms with Crippen LogP contribution in [-0.2, 0) is 13.1 Å². The summed E-state index contributed by atoms with van der Waals surface area (Å²) in [6.07, 6.45) is 8.04. The molecule has 2 heterocycles. The van der Waals surface area contributed by atoms with Gasteiger partial charge in [-0.2, -0.15) is 0 Å². The van der Waals surface area contributed by atoms with Crippen LogP contribution in [-0.4, -0.2) is 21.1 Å². The number of hydrogen-bond acceptors (Lipinski definition) is 4. The zero-order valence-corrected chi connectivity index (χ0v) is 12.1. The molecular formula is C15H18N4S. The van der Waals surface area contributed by atoms with Gasteiger partial charge in [0.25, 0.3) is 0 Å². The molecule has 5 heteroatoms. The molecule has 4 nitrogen and oxygen atoms in total. The Hall–Kier alpha value is -1.72. The number of benzene rings is 1. The van der Waals surface area contributed by atoms with E-state index in [2.05, 4.69) is 38.1 Å². The van der Waals surface area contributed by atoms with E-state index >= 15 is 0 Å². The largest absolute Gasteiger partial charge is 0.337 e. The number of thiazole rings is 1. The van der Waals surface area contributed by atoms with Crippen LogP contribution in [0.1, 0.15) is 17.8 Å². The van der Waals surface area contributed by atoms with Crippen LogP contribution in [0.15, 0.2) is 43.0 Å². The van der Waals surface area contributed by atoms with Crippen LogP contribution in [0, 0.1) is 0 Å². The summed E-state index contributed by atoms with van der Waals surface area (Å²) in [6, 6.07) is 8.30. The van der Waals surface area contributed by atoms with E-state index < -0.39 is 0 Å². The van der Waals surface area contributed by atoms with Gasteiger partial charge in [-0.15, -0.1) is 11.3 Å². The molecule has 3 aromatic rings. The van der Waals surface area contributed by atoms with Gasteiger partial charge in [-0.3, -0.25) is 0 Å². The SMILES string of the molecule is c1ccc2sc(CNCCCCn3ccnc3)nc2c1. The molecule has 0 aliphatic rings. The molecule has 3 rings (SSSR count). The second-order valence-corrected chi connectivity index (χ2v) is 5.87. The van der Waals surface area contributed by atoms with E-state index in [4.69, 9.17) is 0 Å². The summed E-state index contributed by atoms with van der Waals surface area (Å²) in [5, 5.41) is 4.63. The van der Waals surface area contributed by atoms with E-state index in [0.29, 0.717) is 0 Å². The third-order valence-electron chi connectivity index (χ3n) is 3.19. The smallest absolute Gasteiger partial charge is 0.108 e. The molecule has 0 spiro atoms. The monoisotopic (exact) mass is 286 g/mol. The third-order valence-corrected chi connectivity index (χ3v) is 4.23. The molecule has 0 unspecified atom stereocenters. The molecule has 0 bridgehead atoms. The summed E-state index contributed by atoms with van der Waals surface area (Å²) >= 11 is 1.77. The Balaban J connectivity index is 1.37. The summed E-state index contributed by atoms with van der Waals surface area (Å²) < 4.78 is 3.39. The van der Waals surface area contributed by atoms with Crippen LogP contribution in [0.5, 0.6) is 0 Å². The minimum absolute atomic E-state index is 0.865. The molecule has 0 fully saturated rings. The number of fused-ring (bicyclic) bond motifs is 1. The quantitative estimate of drug-likeness (QED) is 0.679. The maximum Gasteiger partial charge on any atom is 0.108 e. The van der Waals surface area contributed by atoms with Crippen molar-refractivity contribution in [1.82, 2.24) is 19.9 Å².